The van der Waals surface area contributed by atoms with E-state index in [2.05, 4.69) is 13.8 Å². The van der Waals surface area contributed by atoms with Gasteiger partial charge in [0.05, 0.1) is 16.1 Å². The van der Waals surface area contributed by atoms with Gasteiger partial charge >= 0.3 is 0 Å². The molecular weight excluding hydrogens is 279 g/mol. The number of hydrogen-bond donors (Lipinski definition) is 1. The standard InChI is InChI=1S/C16H24Cl2O/c1-3-5-6-12(4-2)9-14(19)10-13-7-8-15(17)16(18)11-13/h7-8,11-12,14,19H,3-6,9-10H2,1-2H3. The van der Waals surface area contributed by atoms with E-state index in [1.54, 1.807) is 6.07 Å². The van der Waals surface area contributed by atoms with Crippen molar-refractivity contribution in [1.82, 2.24) is 0 Å². The highest BCUT2D eigenvalue weighted by Crippen LogP contribution is 2.25. The van der Waals surface area contributed by atoms with Gasteiger partial charge in [0.2, 0.25) is 0 Å². The molecule has 19 heavy (non-hydrogen) atoms. The van der Waals surface area contributed by atoms with E-state index in [-0.39, 0.29) is 6.10 Å². The average molecular weight is 303 g/mol. The highest BCUT2D eigenvalue weighted by atomic mass is 35.5. The van der Waals surface area contributed by atoms with E-state index in [1.165, 1.54) is 19.3 Å². The van der Waals surface area contributed by atoms with E-state index in [4.69, 9.17) is 23.2 Å². The van der Waals surface area contributed by atoms with Gasteiger partial charge in [0.25, 0.3) is 0 Å². The molecule has 0 aliphatic rings. The maximum Gasteiger partial charge on any atom is 0.0595 e. The third-order valence-electron chi connectivity index (χ3n) is 3.60. The summed E-state index contributed by atoms with van der Waals surface area (Å²) >= 11 is 11.9. The Morgan fingerprint density at radius 1 is 1.16 bits per heavy atom. The van der Waals surface area contributed by atoms with Gasteiger partial charge in [-0.15, -0.1) is 0 Å². The summed E-state index contributed by atoms with van der Waals surface area (Å²) in [5.74, 6) is 0.623. The largest absolute Gasteiger partial charge is 0.393 e. The molecule has 0 bridgehead atoms. The zero-order valence-electron chi connectivity index (χ0n) is 11.8. The molecule has 0 fully saturated rings. The normalized spacial score (nSPS) is 14.4. The van der Waals surface area contributed by atoms with Crippen molar-refractivity contribution in [3.63, 3.8) is 0 Å². The highest BCUT2D eigenvalue weighted by Gasteiger charge is 2.13. The Kier molecular flexibility index (Phi) is 7.82. The fourth-order valence-corrected chi connectivity index (χ4v) is 2.71. The van der Waals surface area contributed by atoms with Crippen molar-refractivity contribution in [1.29, 1.82) is 0 Å². The molecule has 1 aromatic rings. The Balaban J connectivity index is 2.48. The highest BCUT2D eigenvalue weighted by molar-refractivity contribution is 6.42. The first kappa shape index (κ1) is 16.8. The van der Waals surface area contributed by atoms with E-state index in [0.29, 0.717) is 22.4 Å². The molecule has 0 radical (unpaired) electrons. The van der Waals surface area contributed by atoms with E-state index < -0.39 is 0 Å². The molecule has 0 aromatic heterocycles. The Morgan fingerprint density at radius 2 is 1.89 bits per heavy atom. The first-order valence-electron chi connectivity index (χ1n) is 7.18. The lowest BCUT2D eigenvalue weighted by atomic mass is 9.91. The van der Waals surface area contributed by atoms with E-state index in [0.717, 1.165) is 18.4 Å². The molecule has 0 saturated carbocycles. The first-order chi connectivity index (χ1) is 9.06. The lowest BCUT2D eigenvalue weighted by Crippen LogP contribution is -2.16. The number of hydrogen-bond acceptors (Lipinski definition) is 1. The van der Waals surface area contributed by atoms with Crippen molar-refractivity contribution in [3.8, 4) is 0 Å². The Hall–Kier alpha value is -0.240. The molecule has 2 unspecified atom stereocenters. The summed E-state index contributed by atoms with van der Waals surface area (Å²) in [6.45, 7) is 4.41. The summed E-state index contributed by atoms with van der Waals surface area (Å²) in [5, 5.41) is 11.3. The van der Waals surface area contributed by atoms with Gasteiger partial charge in [-0.3, -0.25) is 0 Å². The van der Waals surface area contributed by atoms with Crippen LogP contribution in [0.25, 0.3) is 0 Å². The van der Waals surface area contributed by atoms with Crippen molar-refractivity contribution in [2.45, 2.75) is 58.5 Å². The summed E-state index contributed by atoms with van der Waals surface area (Å²) in [6, 6.07) is 5.57. The fraction of sp³-hybridized carbons (Fsp3) is 0.625. The van der Waals surface area contributed by atoms with Crippen LogP contribution < -0.4 is 0 Å². The van der Waals surface area contributed by atoms with Crippen LogP contribution >= 0.6 is 23.2 Å². The molecule has 108 valence electrons. The van der Waals surface area contributed by atoms with Crippen LogP contribution in [-0.2, 0) is 6.42 Å². The predicted octanol–water partition coefficient (Wildman–Crippen LogP) is 5.50. The van der Waals surface area contributed by atoms with Crippen molar-refractivity contribution < 1.29 is 5.11 Å². The van der Waals surface area contributed by atoms with Crippen molar-refractivity contribution >= 4 is 23.2 Å². The molecule has 3 heteroatoms. The van der Waals surface area contributed by atoms with Crippen LogP contribution in [0.3, 0.4) is 0 Å². The summed E-state index contributed by atoms with van der Waals surface area (Å²) in [4.78, 5) is 0. The van der Waals surface area contributed by atoms with E-state index in [1.807, 2.05) is 12.1 Å². The van der Waals surface area contributed by atoms with Crippen molar-refractivity contribution in [3.05, 3.63) is 33.8 Å². The minimum Gasteiger partial charge on any atom is -0.393 e. The van der Waals surface area contributed by atoms with Gasteiger partial charge < -0.3 is 5.11 Å². The van der Waals surface area contributed by atoms with Crippen LogP contribution in [0.4, 0.5) is 0 Å². The molecule has 0 aliphatic heterocycles. The third-order valence-corrected chi connectivity index (χ3v) is 4.34. The van der Waals surface area contributed by atoms with Gasteiger partial charge in [-0.25, -0.2) is 0 Å². The second-order valence-corrected chi connectivity index (χ2v) is 6.07. The molecule has 0 heterocycles. The van der Waals surface area contributed by atoms with Crippen LogP contribution in [0.15, 0.2) is 18.2 Å². The second-order valence-electron chi connectivity index (χ2n) is 5.26. The number of unbranched alkanes of at least 4 members (excludes halogenated alkanes) is 1. The predicted molar refractivity (Wildman–Crippen MR) is 84.1 cm³/mol. The third kappa shape index (κ3) is 6.16. The minimum absolute atomic E-state index is 0.293. The number of rotatable bonds is 8. The quantitative estimate of drug-likeness (QED) is 0.672. The molecule has 0 saturated heterocycles. The molecule has 1 N–H and O–H groups in total. The Morgan fingerprint density at radius 3 is 2.47 bits per heavy atom. The van der Waals surface area contributed by atoms with Crippen molar-refractivity contribution in [2.24, 2.45) is 5.92 Å². The number of aliphatic hydroxyl groups excluding tert-OH is 1. The zero-order chi connectivity index (χ0) is 14.3. The number of aliphatic hydroxyl groups is 1. The minimum atomic E-state index is -0.293. The maximum absolute atomic E-state index is 10.2. The second kappa shape index (κ2) is 8.84. The molecule has 0 amide bonds. The van der Waals surface area contributed by atoms with Gasteiger partial charge in [0, 0.05) is 0 Å². The lowest BCUT2D eigenvalue weighted by Gasteiger charge is -2.19. The molecule has 2 atom stereocenters. The van der Waals surface area contributed by atoms with Gasteiger partial charge in [-0.2, -0.15) is 0 Å². The van der Waals surface area contributed by atoms with E-state index in [9.17, 15) is 5.11 Å². The SMILES string of the molecule is CCCCC(CC)CC(O)Cc1ccc(Cl)c(Cl)c1. The average Bonchev–Trinajstić information content (AvgIpc) is 2.38. The molecular formula is C16H24Cl2O. The van der Waals surface area contributed by atoms with Crippen LogP contribution in [-0.4, -0.2) is 11.2 Å². The summed E-state index contributed by atoms with van der Waals surface area (Å²) < 4.78 is 0. The smallest absolute Gasteiger partial charge is 0.0595 e. The molecule has 1 aromatic carbocycles. The van der Waals surface area contributed by atoms with Crippen LogP contribution in [0.5, 0.6) is 0 Å². The molecule has 1 nitrogen and oxygen atoms in total. The van der Waals surface area contributed by atoms with Crippen LogP contribution in [0, 0.1) is 5.92 Å². The lowest BCUT2D eigenvalue weighted by molar-refractivity contribution is 0.137. The molecule has 0 aliphatic carbocycles. The van der Waals surface area contributed by atoms with Crippen molar-refractivity contribution in [2.75, 3.05) is 0 Å². The van der Waals surface area contributed by atoms with Crippen LogP contribution in [0.1, 0.15) is 51.5 Å². The van der Waals surface area contributed by atoms with Gasteiger partial charge in [0.1, 0.15) is 0 Å². The fourth-order valence-electron chi connectivity index (χ4n) is 2.39. The molecule has 0 spiro atoms. The Bertz CT molecular complexity index is 379. The summed E-state index contributed by atoms with van der Waals surface area (Å²) in [5.41, 5.74) is 1.05. The van der Waals surface area contributed by atoms with E-state index >= 15 is 0 Å². The Labute approximate surface area is 126 Å². The maximum atomic E-state index is 10.2. The van der Waals surface area contributed by atoms with Gasteiger partial charge in [-0.05, 0) is 36.5 Å². The summed E-state index contributed by atoms with van der Waals surface area (Å²) in [6.07, 6.45) is 6.05. The number of benzene rings is 1. The summed E-state index contributed by atoms with van der Waals surface area (Å²) in [7, 11) is 0. The van der Waals surface area contributed by atoms with Gasteiger partial charge in [0.15, 0.2) is 0 Å². The topological polar surface area (TPSA) is 20.2 Å². The van der Waals surface area contributed by atoms with Gasteiger partial charge in [-0.1, -0.05) is 68.8 Å². The zero-order valence-corrected chi connectivity index (χ0v) is 13.3. The number of halogens is 2. The van der Waals surface area contributed by atoms with Crippen LogP contribution in [0.2, 0.25) is 10.0 Å². The first-order valence-corrected chi connectivity index (χ1v) is 7.94. The monoisotopic (exact) mass is 302 g/mol. The molecule has 1 rings (SSSR count).